The molecule has 0 saturated carbocycles. The van der Waals surface area contributed by atoms with Gasteiger partial charge in [-0.15, -0.1) is 0 Å². The van der Waals surface area contributed by atoms with Crippen LogP contribution in [0, 0.1) is 0 Å². The Morgan fingerprint density at radius 3 is 2.16 bits per heavy atom. The fraction of sp³-hybridized carbons (Fsp3) is 0.500. The van der Waals surface area contributed by atoms with E-state index in [1.807, 2.05) is 13.1 Å². The number of hydrogen-bond acceptors (Lipinski definition) is 3. The van der Waals surface area contributed by atoms with Crippen LogP contribution in [0.5, 0.6) is 5.75 Å². The van der Waals surface area contributed by atoms with E-state index in [0.29, 0.717) is 5.02 Å². The van der Waals surface area contributed by atoms with Crippen LogP contribution < -0.4 is 4.43 Å². The number of benzene rings is 1. The van der Waals surface area contributed by atoms with Gasteiger partial charge in [0.1, 0.15) is 10.6 Å². The van der Waals surface area contributed by atoms with Gasteiger partial charge in [-0.05, 0) is 36.3 Å². The van der Waals surface area contributed by atoms with Gasteiger partial charge in [-0.3, -0.25) is 0 Å². The van der Waals surface area contributed by atoms with Crippen molar-refractivity contribution in [2.75, 3.05) is 0 Å². The van der Waals surface area contributed by atoms with E-state index in [2.05, 4.69) is 20.8 Å². The van der Waals surface area contributed by atoms with Crippen LogP contribution in [-0.4, -0.2) is 16.7 Å². The Kier molecular flexibility index (Phi) is 4.67. The Morgan fingerprint density at radius 2 is 1.74 bits per heavy atom. The zero-order valence-electron chi connectivity index (χ0n) is 11.6. The molecule has 1 rings (SSSR count). The van der Waals surface area contributed by atoms with E-state index in [1.165, 1.54) is 6.07 Å². The fourth-order valence-electron chi connectivity index (χ4n) is 1.18. The minimum Gasteiger partial charge on any atom is -0.543 e. The summed E-state index contributed by atoms with van der Waals surface area (Å²) in [5.41, 5.74) is 0. The predicted octanol–water partition coefficient (Wildman–Crippen LogP) is 4.65. The molecule has 0 aliphatic carbocycles. The molecule has 0 radical (unpaired) electrons. The van der Waals surface area contributed by atoms with Crippen molar-refractivity contribution in [3.8, 4) is 5.75 Å². The highest BCUT2D eigenvalue weighted by atomic mass is 35.7. The Labute approximate surface area is 125 Å². The van der Waals surface area contributed by atoms with Crippen molar-refractivity contribution in [1.82, 2.24) is 0 Å². The predicted molar refractivity (Wildman–Crippen MR) is 82.3 cm³/mol. The van der Waals surface area contributed by atoms with Gasteiger partial charge < -0.3 is 4.43 Å². The topological polar surface area (TPSA) is 43.4 Å². The van der Waals surface area contributed by atoms with Gasteiger partial charge in [0.25, 0.3) is 17.4 Å². The molecule has 1 aromatic rings. The molecule has 0 unspecified atom stereocenters. The first-order chi connectivity index (χ1) is 8.34. The molecule has 108 valence electrons. The van der Waals surface area contributed by atoms with Crippen molar-refractivity contribution in [3.63, 3.8) is 0 Å². The van der Waals surface area contributed by atoms with Crippen LogP contribution in [0.15, 0.2) is 23.1 Å². The molecule has 0 amide bonds. The first-order valence-corrected chi connectivity index (χ1v) is 11.4. The summed E-state index contributed by atoms with van der Waals surface area (Å²) >= 11 is 5.82. The molecular weight excluding hydrogens is 323 g/mol. The van der Waals surface area contributed by atoms with Crippen LogP contribution in [0.4, 0.5) is 0 Å². The maximum atomic E-state index is 11.6. The summed E-state index contributed by atoms with van der Waals surface area (Å²) in [7, 11) is -0.601. The fourth-order valence-corrected chi connectivity index (χ4v) is 3.51. The minimum absolute atomic E-state index is 0.0417. The quantitative estimate of drug-likeness (QED) is 0.594. The molecule has 1 aromatic carbocycles. The van der Waals surface area contributed by atoms with E-state index >= 15 is 0 Å². The van der Waals surface area contributed by atoms with Gasteiger partial charge >= 0.3 is 0 Å². The zero-order chi connectivity index (χ0) is 15.1. The number of rotatable bonds is 3. The molecule has 0 fully saturated rings. The van der Waals surface area contributed by atoms with Gasteiger partial charge in [0, 0.05) is 15.7 Å². The van der Waals surface area contributed by atoms with Gasteiger partial charge in [-0.25, -0.2) is 8.42 Å². The summed E-state index contributed by atoms with van der Waals surface area (Å²) in [5.74, 6) is 0.269. The highest BCUT2D eigenvalue weighted by Gasteiger charge is 2.40. The normalized spacial score (nSPS) is 13.4. The number of hydrogen-bond donors (Lipinski definition) is 0. The van der Waals surface area contributed by atoms with Crippen LogP contribution in [0.3, 0.4) is 0 Å². The first-order valence-electron chi connectivity index (χ1n) is 5.78. The molecule has 3 nitrogen and oxygen atoms in total. The first kappa shape index (κ1) is 16.8. The van der Waals surface area contributed by atoms with Crippen LogP contribution in [-0.2, 0) is 9.05 Å². The van der Waals surface area contributed by atoms with Crippen molar-refractivity contribution in [2.45, 2.75) is 43.8 Å². The van der Waals surface area contributed by atoms with Gasteiger partial charge in [0.2, 0.25) is 0 Å². The Bertz CT molecular complexity index is 577. The SMILES string of the molecule is CC(C)(C)[Si](C)(C)Oc1ccc(Cl)cc1S(=O)(=O)Cl. The average molecular weight is 341 g/mol. The smallest absolute Gasteiger partial charge is 0.264 e. The molecule has 19 heavy (non-hydrogen) atoms. The zero-order valence-corrected chi connectivity index (χ0v) is 14.9. The van der Waals surface area contributed by atoms with Crippen molar-refractivity contribution in [1.29, 1.82) is 0 Å². The van der Waals surface area contributed by atoms with Crippen molar-refractivity contribution in [2.24, 2.45) is 0 Å². The molecule has 0 N–H and O–H groups in total. The molecule has 0 aromatic heterocycles. The Hall–Kier alpha value is -0.233. The molecule has 0 bridgehead atoms. The lowest BCUT2D eigenvalue weighted by Gasteiger charge is -2.36. The lowest BCUT2D eigenvalue weighted by atomic mass is 10.2. The summed E-state index contributed by atoms with van der Waals surface area (Å²) in [6.45, 7) is 10.3. The lowest BCUT2D eigenvalue weighted by Crippen LogP contribution is -2.44. The van der Waals surface area contributed by atoms with Crippen LogP contribution in [0.25, 0.3) is 0 Å². The van der Waals surface area contributed by atoms with Crippen LogP contribution >= 0.6 is 22.3 Å². The summed E-state index contributed by atoms with van der Waals surface area (Å²) in [6, 6.07) is 4.46. The van der Waals surface area contributed by atoms with Crippen molar-refractivity contribution in [3.05, 3.63) is 23.2 Å². The van der Waals surface area contributed by atoms with E-state index in [9.17, 15) is 8.42 Å². The highest BCUT2D eigenvalue weighted by molar-refractivity contribution is 8.13. The molecule has 0 heterocycles. The largest absolute Gasteiger partial charge is 0.543 e. The molecule has 0 atom stereocenters. The highest BCUT2D eigenvalue weighted by Crippen LogP contribution is 2.40. The second-order valence-corrected chi connectivity index (χ2v) is 13.6. The third kappa shape index (κ3) is 4.11. The molecule has 0 aliphatic heterocycles. The molecule has 7 heteroatoms. The van der Waals surface area contributed by atoms with Crippen LogP contribution in [0.1, 0.15) is 20.8 Å². The van der Waals surface area contributed by atoms with E-state index in [-0.39, 0.29) is 15.7 Å². The summed E-state index contributed by atoms with van der Waals surface area (Å²) < 4.78 is 29.2. The summed E-state index contributed by atoms with van der Waals surface area (Å²) in [5, 5.41) is 0.266. The molecule has 0 aliphatic rings. The minimum atomic E-state index is -3.89. The molecule has 0 saturated heterocycles. The van der Waals surface area contributed by atoms with E-state index in [4.69, 9.17) is 26.7 Å². The second-order valence-electron chi connectivity index (χ2n) is 5.89. The Morgan fingerprint density at radius 1 is 1.21 bits per heavy atom. The standard InChI is InChI=1S/C12H18Cl2O3SSi/c1-12(2,3)19(4,5)17-10-7-6-9(13)8-11(10)18(14,15)16/h6-8H,1-5H3. The van der Waals surface area contributed by atoms with E-state index < -0.39 is 17.4 Å². The lowest BCUT2D eigenvalue weighted by molar-refractivity contribution is 0.480. The maximum Gasteiger partial charge on any atom is 0.264 e. The monoisotopic (exact) mass is 340 g/mol. The van der Waals surface area contributed by atoms with Gasteiger partial charge in [-0.2, -0.15) is 0 Å². The summed E-state index contributed by atoms with van der Waals surface area (Å²) in [4.78, 5) is -0.0773. The van der Waals surface area contributed by atoms with E-state index in [1.54, 1.807) is 12.1 Å². The second kappa shape index (κ2) is 5.28. The summed E-state index contributed by atoms with van der Waals surface area (Å²) in [6.07, 6.45) is 0. The molecule has 0 spiro atoms. The van der Waals surface area contributed by atoms with Gasteiger partial charge in [0.05, 0.1) is 0 Å². The van der Waals surface area contributed by atoms with Crippen molar-refractivity contribution < 1.29 is 12.8 Å². The van der Waals surface area contributed by atoms with Crippen molar-refractivity contribution >= 4 is 39.7 Å². The van der Waals surface area contributed by atoms with Crippen LogP contribution in [0.2, 0.25) is 23.2 Å². The van der Waals surface area contributed by atoms with Gasteiger partial charge in [-0.1, -0.05) is 32.4 Å². The molecular formula is C12H18Cl2O3SSi. The Balaban J connectivity index is 3.31. The third-order valence-electron chi connectivity index (χ3n) is 3.34. The maximum absolute atomic E-state index is 11.6. The van der Waals surface area contributed by atoms with Gasteiger partial charge in [0.15, 0.2) is 0 Å². The van der Waals surface area contributed by atoms with E-state index in [0.717, 1.165) is 0 Å². The average Bonchev–Trinajstić information content (AvgIpc) is 2.17. The number of halogens is 2. The third-order valence-corrected chi connectivity index (χ3v) is 9.26.